The molecule has 0 bridgehead atoms. The molecule has 0 aliphatic carbocycles. The van der Waals surface area contributed by atoms with E-state index in [9.17, 15) is 4.79 Å². The van der Waals surface area contributed by atoms with E-state index >= 15 is 0 Å². The minimum absolute atomic E-state index is 0.246. The Morgan fingerprint density at radius 3 is 2.75 bits per heavy atom. The number of anilines is 1. The zero-order chi connectivity index (χ0) is 14.9. The number of carbonyl (C=O) groups is 1. The number of halogens is 2. The summed E-state index contributed by atoms with van der Waals surface area (Å²) in [6.45, 7) is 3.06. The highest BCUT2D eigenvalue weighted by atomic mass is 35.5. The summed E-state index contributed by atoms with van der Waals surface area (Å²) in [6.07, 6.45) is 1.50. The maximum atomic E-state index is 11.9. The van der Waals surface area contributed by atoms with E-state index in [0.717, 1.165) is 0 Å². The highest BCUT2D eigenvalue weighted by Gasteiger charge is 2.27. The fourth-order valence-corrected chi connectivity index (χ4v) is 1.96. The van der Waals surface area contributed by atoms with Crippen LogP contribution in [-0.4, -0.2) is 15.9 Å². The summed E-state index contributed by atoms with van der Waals surface area (Å²) in [5, 5.41) is 13.3. The van der Waals surface area contributed by atoms with E-state index in [2.05, 4.69) is 15.3 Å². The van der Waals surface area contributed by atoms with Gasteiger partial charge in [-0.15, -0.1) is 0 Å². The maximum Gasteiger partial charge on any atom is 0.245 e. The van der Waals surface area contributed by atoms with E-state index in [4.69, 9.17) is 28.5 Å². The van der Waals surface area contributed by atoms with Crippen LogP contribution in [0.3, 0.4) is 0 Å². The van der Waals surface area contributed by atoms with Gasteiger partial charge in [0.2, 0.25) is 5.91 Å². The second kappa shape index (κ2) is 5.23. The molecule has 0 saturated carbocycles. The van der Waals surface area contributed by atoms with Crippen molar-refractivity contribution in [3.8, 4) is 6.07 Å². The van der Waals surface area contributed by atoms with Crippen LogP contribution in [-0.2, 0) is 4.79 Å². The molecule has 0 fully saturated rings. The topological polar surface area (TPSA) is 78.7 Å². The monoisotopic (exact) mass is 308 g/mol. The second-order valence-corrected chi connectivity index (χ2v) is 5.46. The first kappa shape index (κ1) is 14.5. The number of nitrogens with zero attached hydrogens (tertiary/aromatic N) is 3. The Labute approximate surface area is 125 Å². The summed E-state index contributed by atoms with van der Waals surface area (Å²) in [4.78, 5) is 19.9. The third-order valence-electron chi connectivity index (χ3n) is 2.73. The zero-order valence-electron chi connectivity index (χ0n) is 10.7. The highest BCUT2D eigenvalue weighted by Crippen LogP contribution is 2.26. The Morgan fingerprint density at radius 2 is 2.10 bits per heavy atom. The quantitative estimate of drug-likeness (QED) is 0.862. The van der Waals surface area contributed by atoms with Gasteiger partial charge in [0.1, 0.15) is 21.5 Å². The van der Waals surface area contributed by atoms with Crippen molar-refractivity contribution in [1.82, 2.24) is 9.97 Å². The Morgan fingerprint density at radius 1 is 1.40 bits per heavy atom. The van der Waals surface area contributed by atoms with Gasteiger partial charge in [-0.1, -0.05) is 23.2 Å². The molecule has 0 aliphatic heterocycles. The van der Waals surface area contributed by atoms with Crippen molar-refractivity contribution in [3.05, 3.63) is 28.6 Å². The lowest BCUT2D eigenvalue weighted by molar-refractivity contribution is -0.121. The predicted octanol–water partition coefficient (Wildman–Crippen LogP) is 3.42. The van der Waals surface area contributed by atoms with Crippen LogP contribution in [0.15, 0.2) is 18.3 Å². The first-order valence-electron chi connectivity index (χ1n) is 5.68. The smallest absolute Gasteiger partial charge is 0.245 e. The van der Waals surface area contributed by atoms with Crippen LogP contribution in [0.4, 0.5) is 5.82 Å². The van der Waals surface area contributed by atoms with E-state index in [0.29, 0.717) is 16.6 Å². The minimum atomic E-state index is -1.13. The second-order valence-electron chi connectivity index (χ2n) is 4.72. The van der Waals surface area contributed by atoms with E-state index in [1.807, 2.05) is 6.07 Å². The molecular formula is C13H10Cl2N4O. The van der Waals surface area contributed by atoms with Crippen molar-refractivity contribution in [3.63, 3.8) is 0 Å². The van der Waals surface area contributed by atoms with Crippen molar-refractivity contribution in [1.29, 1.82) is 5.26 Å². The number of aromatic nitrogens is 2. The summed E-state index contributed by atoms with van der Waals surface area (Å²) in [6, 6.07) is 5.17. The summed E-state index contributed by atoms with van der Waals surface area (Å²) >= 11 is 11.8. The van der Waals surface area contributed by atoms with Crippen LogP contribution in [0, 0.1) is 16.7 Å². The number of amides is 1. The Kier molecular flexibility index (Phi) is 3.80. The molecular weight excluding hydrogens is 299 g/mol. The summed E-state index contributed by atoms with van der Waals surface area (Å²) < 4.78 is 0. The third-order valence-corrected chi connectivity index (χ3v) is 3.21. The molecule has 20 heavy (non-hydrogen) atoms. The number of nitrogens with one attached hydrogen (secondary N) is 1. The van der Waals surface area contributed by atoms with E-state index in [1.54, 1.807) is 12.1 Å². The Hall–Kier alpha value is -1.90. The molecule has 2 heterocycles. The number of hydrogen-bond acceptors (Lipinski definition) is 4. The molecule has 0 atom stereocenters. The summed E-state index contributed by atoms with van der Waals surface area (Å²) in [5.74, 6) is -0.109. The molecule has 2 aromatic rings. The first-order valence-corrected chi connectivity index (χ1v) is 6.43. The molecule has 5 nitrogen and oxygen atoms in total. The van der Waals surface area contributed by atoms with E-state index < -0.39 is 11.3 Å². The summed E-state index contributed by atoms with van der Waals surface area (Å²) in [7, 11) is 0. The average molecular weight is 309 g/mol. The number of rotatable bonds is 2. The van der Waals surface area contributed by atoms with Crippen molar-refractivity contribution >= 4 is 45.7 Å². The van der Waals surface area contributed by atoms with Gasteiger partial charge in [0.15, 0.2) is 0 Å². The van der Waals surface area contributed by atoms with Crippen molar-refractivity contribution in [2.24, 2.45) is 5.41 Å². The fraction of sp³-hybridized carbons (Fsp3) is 0.231. The maximum absolute atomic E-state index is 11.9. The molecule has 0 aliphatic rings. The van der Waals surface area contributed by atoms with Crippen LogP contribution >= 0.6 is 23.2 Å². The lowest BCUT2D eigenvalue weighted by Gasteiger charge is -2.14. The number of pyridine rings is 2. The SMILES string of the molecule is CC(C)(C#N)C(=O)Nc1cc2cc(Cl)nc(Cl)c2cn1. The molecule has 102 valence electrons. The van der Waals surface area contributed by atoms with Crippen molar-refractivity contribution in [2.75, 3.05) is 5.32 Å². The van der Waals surface area contributed by atoms with Gasteiger partial charge < -0.3 is 5.32 Å². The molecule has 0 aromatic carbocycles. The van der Waals surface area contributed by atoms with E-state index in [-0.39, 0.29) is 10.3 Å². The minimum Gasteiger partial charge on any atom is -0.309 e. The largest absolute Gasteiger partial charge is 0.309 e. The van der Waals surface area contributed by atoms with Crippen LogP contribution < -0.4 is 5.32 Å². The highest BCUT2D eigenvalue weighted by molar-refractivity contribution is 6.36. The van der Waals surface area contributed by atoms with Crippen LogP contribution in [0.1, 0.15) is 13.8 Å². The molecule has 0 radical (unpaired) electrons. The zero-order valence-corrected chi connectivity index (χ0v) is 12.2. The van der Waals surface area contributed by atoms with Crippen LogP contribution in [0.5, 0.6) is 0 Å². The van der Waals surface area contributed by atoms with Gasteiger partial charge in [0.25, 0.3) is 0 Å². The predicted molar refractivity (Wildman–Crippen MR) is 77.6 cm³/mol. The number of fused-ring (bicyclic) bond motifs is 1. The lowest BCUT2D eigenvalue weighted by Crippen LogP contribution is -2.29. The molecule has 2 aromatic heterocycles. The van der Waals surface area contributed by atoms with Crippen molar-refractivity contribution in [2.45, 2.75) is 13.8 Å². The third kappa shape index (κ3) is 2.82. The molecule has 1 amide bonds. The van der Waals surface area contributed by atoms with E-state index in [1.165, 1.54) is 20.0 Å². The Bertz CT molecular complexity index is 737. The first-order chi connectivity index (χ1) is 9.33. The number of nitriles is 1. The lowest BCUT2D eigenvalue weighted by atomic mass is 9.95. The van der Waals surface area contributed by atoms with Gasteiger partial charge in [-0.2, -0.15) is 5.26 Å². The van der Waals surface area contributed by atoms with Gasteiger partial charge in [0.05, 0.1) is 6.07 Å². The molecule has 0 saturated heterocycles. The molecule has 1 N–H and O–H groups in total. The molecule has 7 heteroatoms. The van der Waals surface area contributed by atoms with Crippen LogP contribution in [0.25, 0.3) is 10.8 Å². The van der Waals surface area contributed by atoms with Gasteiger partial charge in [-0.05, 0) is 31.4 Å². The standard InChI is InChI=1S/C13H10Cl2N4O/c1-13(2,6-16)12(20)19-10-4-7-3-9(14)18-11(15)8(7)5-17-10/h3-5H,1-2H3,(H,17,19,20). The molecule has 0 spiro atoms. The normalized spacial score (nSPS) is 11.2. The number of carbonyl (C=O) groups excluding carboxylic acids is 1. The van der Waals surface area contributed by atoms with Crippen molar-refractivity contribution < 1.29 is 4.79 Å². The van der Waals surface area contributed by atoms with Gasteiger partial charge in [-0.25, -0.2) is 9.97 Å². The van der Waals surface area contributed by atoms with Gasteiger partial charge in [-0.3, -0.25) is 4.79 Å². The number of hydrogen-bond donors (Lipinski definition) is 1. The van der Waals surface area contributed by atoms with Gasteiger partial charge in [0, 0.05) is 11.6 Å². The molecule has 0 unspecified atom stereocenters. The van der Waals surface area contributed by atoms with Gasteiger partial charge >= 0.3 is 0 Å². The van der Waals surface area contributed by atoms with Crippen LogP contribution in [0.2, 0.25) is 10.3 Å². The Balaban J connectivity index is 2.38. The fourth-order valence-electron chi connectivity index (χ4n) is 1.47. The average Bonchev–Trinajstić information content (AvgIpc) is 2.37. The summed E-state index contributed by atoms with van der Waals surface area (Å²) in [5.41, 5.74) is -1.13. The molecule has 2 rings (SSSR count).